The van der Waals surface area contributed by atoms with Gasteiger partial charge in [-0.1, -0.05) is 189 Å². The van der Waals surface area contributed by atoms with Gasteiger partial charge in [-0.3, -0.25) is 0 Å². The van der Waals surface area contributed by atoms with Crippen LogP contribution in [0, 0.1) is 18.2 Å². The van der Waals surface area contributed by atoms with Gasteiger partial charge >= 0.3 is 20.1 Å². The van der Waals surface area contributed by atoms with Gasteiger partial charge in [0.1, 0.15) is 0 Å². The van der Waals surface area contributed by atoms with Crippen molar-refractivity contribution in [2.45, 2.75) is 65.0 Å². The van der Waals surface area contributed by atoms with Crippen LogP contribution in [-0.2, 0) is 45.8 Å². The first-order valence-corrected chi connectivity index (χ1v) is 32.2. The van der Waals surface area contributed by atoms with Crippen molar-refractivity contribution in [1.82, 2.24) is 15.0 Å². The van der Waals surface area contributed by atoms with Gasteiger partial charge in [-0.15, -0.1) is 101 Å². The normalized spacial score (nSPS) is 11.5. The zero-order valence-electron chi connectivity index (χ0n) is 42.6. The summed E-state index contributed by atoms with van der Waals surface area (Å²) in [4.78, 5) is 14.2. The molecule has 360 valence electrons. The molecule has 0 saturated carbocycles. The molecular weight excluding hydrogens is 1100 g/mol. The fourth-order valence-corrected chi connectivity index (χ4v) is 11.7. The molecule has 10 rings (SSSR count). The van der Waals surface area contributed by atoms with E-state index in [9.17, 15) is 0 Å². The summed E-state index contributed by atoms with van der Waals surface area (Å²) in [5, 5.41) is 2.82. The van der Waals surface area contributed by atoms with Crippen molar-refractivity contribution in [3.05, 3.63) is 247 Å². The van der Waals surface area contributed by atoms with E-state index in [1.54, 1.807) is 0 Å². The van der Waals surface area contributed by atoms with Crippen LogP contribution in [0.4, 0.5) is 0 Å². The summed E-state index contributed by atoms with van der Waals surface area (Å²) in [6.07, 6.45) is 9.45. The standard InChI is InChI=1S/C67H60N3Si2.Ir/c1-71(2,3)61-37-40-69-66(46-61)56-24-20-48(21-25-56)16-18-50-42-51(19-17-49-22-26-57(27-23-49)67-47-62(38-41-70-67)72(4,5)6)44-60(43-50)64-15-11-10-14-63(64)55-32-34-58(35-33-55)65-45-59(36-39-68-65)54-30-28-53(29-31-54)52-12-8-7-9-13-52;/h7-15,20-24,26,28-34,36-47H,16-19H2,1-6H3;/q-3;+3. The maximum Gasteiger partial charge on any atom is 3.00 e. The average molecular weight is 1160 g/mol. The van der Waals surface area contributed by atoms with Gasteiger partial charge in [0.05, 0.1) is 16.1 Å². The van der Waals surface area contributed by atoms with Crippen molar-refractivity contribution >= 4 is 26.5 Å². The third-order valence-corrected chi connectivity index (χ3v) is 17.8. The second-order valence-electron chi connectivity index (χ2n) is 21.0. The Hall–Kier alpha value is -6.93. The van der Waals surface area contributed by atoms with Gasteiger partial charge in [0.15, 0.2) is 0 Å². The first-order valence-electron chi connectivity index (χ1n) is 25.2. The van der Waals surface area contributed by atoms with Gasteiger partial charge in [-0.05, 0) is 92.6 Å². The van der Waals surface area contributed by atoms with Crippen molar-refractivity contribution in [3.8, 4) is 78.3 Å². The number of hydrogen-bond donors (Lipinski definition) is 0. The van der Waals surface area contributed by atoms with E-state index < -0.39 is 16.1 Å². The Labute approximate surface area is 448 Å². The molecule has 3 heterocycles. The largest absolute Gasteiger partial charge is 3.00 e. The minimum atomic E-state index is -1.46. The Balaban J connectivity index is 0.00000656. The summed E-state index contributed by atoms with van der Waals surface area (Å²) in [6, 6.07) is 78.8. The predicted molar refractivity (Wildman–Crippen MR) is 308 cm³/mol. The van der Waals surface area contributed by atoms with Crippen molar-refractivity contribution in [2.75, 3.05) is 0 Å². The zero-order valence-corrected chi connectivity index (χ0v) is 47.0. The smallest absolute Gasteiger partial charge is 0.305 e. The minimum absolute atomic E-state index is 0. The third-order valence-electron chi connectivity index (χ3n) is 13.7. The zero-order chi connectivity index (χ0) is 49.7. The van der Waals surface area contributed by atoms with Crippen molar-refractivity contribution in [1.29, 1.82) is 0 Å². The number of aromatic nitrogens is 3. The molecule has 73 heavy (non-hydrogen) atoms. The Kier molecular flexibility index (Phi) is 15.7. The van der Waals surface area contributed by atoms with Crippen molar-refractivity contribution < 1.29 is 20.1 Å². The second kappa shape index (κ2) is 22.5. The molecular formula is C67H60IrN3Si2. The molecule has 0 spiro atoms. The molecule has 7 aromatic carbocycles. The Morgan fingerprint density at radius 3 is 1.22 bits per heavy atom. The Morgan fingerprint density at radius 2 is 0.740 bits per heavy atom. The number of pyridine rings is 3. The van der Waals surface area contributed by atoms with Gasteiger partial charge in [-0.25, -0.2) is 0 Å². The molecule has 0 aliphatic heterocycles. The number of aryl methyl sites for hydroxylation is 4. The van der Waals surface area contributed by atoms with E-state index in [1.807, 2.05) is 18.6 Å². The van der Waals surface area contributed by atoms with Crippen LogP contribution in [0.3, 0.4) is 0 Å². The molecule has 0 aliphatic carbocycles. The molecule has 0 unspecified atom stereocenters. The van der Waals surface area contributed by atoms with E-state index in [4.69, 9.17) is 15.0 Å². The number of benzene rings is 7. The molecule has 0 aliphatic rings. The second-order valence-corrected chi connectivity index (χ2v) is 31.2. The predicted octanol–water partition coefficient (Wildman–Crippen LogP) is 15.6. The molecule has 0 amide bonds. The molecule has 10 aromatic rings. The molecule has 0 atom stereocenters. The summed E-state index contributed by atoms with van der Waals surface area (Å²) in [7, 11) is -2.92. The summed E-state index contributed by atoms with van der Waals surface area (Å²) in [5.41, 5.74) is 20.6. The van der Waals surface area contributed by atoms with Crippen LogP contribution in [0.15, 0.2) is 207 Å². The molecule has 0 bridgehead atoms. The molecule has 0 fully saturated rings. The minimum Gasteiger partial charge on any atom is -0.305 e. The van der Waals surface area contributed by atoms with Gasteiger partial charge in [0, 0.05) is 18.6 Å². The molecule has 3 nitrogen and oxygen atoms in total. The monoisotopic (exact) mass is 1160 g/mol. The van der Waals surface area contributed by atoms with Crippen LogP contribution in [0.1, 0.15) is 22.3 Å². The van der Waals surface area contributed by atoms with Gasteiger partial charge in [0.2, 0.25) is 0 Å². The fraction of sp³-hybridized carbons (Fsp3) is 0.149. The summed E-state index contributed by atoms with van der Waals surface area (Å²) in [5.74, 6) is 0. The third kappa shape index (κ3) is 12.5. The molecule has 0 saturated heterocycles. The molecule has 6 heteroatoms. The number of hydrogen-bond acceptors (Lipinski definition) is 3. The first-order chi connectivity index (χ1) is 34.9. The van der Waals surface area contributed by atoms with Crippen LogP contribution < -0.4 is 10.4 Å². The maximum atomic E-state index is 4.79. The first kappa shape index (κ1) is 51.0. The van der Waals surface area contributed by atoms with Crippen LogP contribution in [-0.4, -0.2) is 31.1 Å². The molecule has 0 radical (unpaired) electrons. The van der Waals surface area contributed by atoms with Gasteiger partial charge in [0.25, 0.3) is 0 Å². The van der Waals surface area contributed by atoms with E-state index >= 15 is 0 Å². The molecule has 0 N–H and O–H groups in total. The van der Waals surface area contributed by atoms with Crippen LogP contribution in [0.25, 0.3) is 78.3 Å². The van der Waals surface area contributed by atoms with Crippen molar-refractivity contribution in [3.63, 3.8) is 0 Å². The number of nitrogens with zero attached hydrogens (tertiary/aromatic N) is 3. The maximum absolute atomic E-state index is 4.79. The van der Waals surface area contributed by atoms with E-state index in [2.05, 4.69) is 246 Å². The number of rotatable bonds is 15. The summed E-state index contributed by atoms with van der Waals surface area (Å²) < 4.78 is 0. The van der Waals surface area contributed by atoms with Crippen LogP contribution in [0.2, 0.25) is 39.3 Å². The van der Waals surface area contributed by atoms with Gasteiger partial charge < -0.3 is 15.0 Å². The Bertz CT molecular complexity index is 3330. The van der Waals surface area contributed by atoms with Gasteiger partial charge in [-0.2, -0.15) is 0 Å². The summed E-state index contributed by atoms with van der Waals surface area (Å²) >= 11 is 0. The van der Waals surface area contributed by atoms with E-state index in [0.717, 1.165) is 76.1 Å². The molecule has 3 aromatic heterocycles. The van der Waals surface area contributed by atoms with Crippen molar-refractivity contribution in [2.24, 2.45) is 0 Å². The van der Waals surface area contributed by atoms with E-state index in [1.165, 1.54) is 60.4 Å². The van der Waals surface area contributed by atoms with Crippen LogP contribution in [0.5, 0.6) is 0 Å². The SMILES string of the molecule is C[Si](C)(C)c1ccnc(-c2[c-]cc(CCc3cc(CCc4c[c-]c(-c5cc([Si](C)(C)C)ccn5)cc4)cc(-c4ccccc4-c4c[c-]c(-c5cc(-c6ccc(-c7ccccc7)cc6)ccn5)cc4)c3)cc2)c1.[Ir+3]. The topological polar surface area (TPSA) is 38.7 Å². The Morgan fingerprint density at radius 1 is 0.329 bits per heavy atom. The van der Waals surface area contributed by atoms with E-state index in [-0.39, 0.29) is 20.1 Å². The van der Waals surface area contributed by atoms with E-state index in [0.29, 0.717) is 0 Å². The quantitative estimate of drug-likeness (QED) is 0.0758. The fourth-order valence-electron chi connectivity index (χ4n) is 9.40. The average Bonchev–Trinajstić information content (AvgIpc) is 3.42. The van der Waals surface area contributed by atoms with Crippen LogP contribution >= 0.6 is 0 Å². The summed E-state index contributed by atoms with van der Waals surface area (Å²) in [6.45, 7) is 14.3.